The first-order valence-electron chi connectivity index (χ1n) is 16.6. The fourth-order valence-electron chi connectivity index (χ4n) is 7.63. The van der Waals surface area contributed by atoms with Crippen LogP contribution in [0.15, 0.2) is 174 Å². The van der Waals surface area contributed by atoms with Gasteiger partial charge in [-0.2, -0.15) is 0 Å². The fraction of sp³-hybridized carbons (Fsp3) is 0. The molecule has 0 atom stereocenters. The second kappa shape index (κ2) is 10.2. The Morgan fingerprint density at radius 1 is 0.383 bits per heavy atom. The van der Waals surface area contributed by atoms with Gasteiger partial charge in [0.2, 0.25) is 0 Å². The normalized spacial score (nSPS) is 12.1. The first-order valence-corrected chi connectivity index (χ1v) is 16.1. The van der Waals surface area contributed by atoms with E-state index in [0.717, 1.165) is 38.1 Å². The Morgan fingerprint density at radius 3 is 1.77 bits per heavy atom. The molecule has 10 rings (SSSR count). The van der Waals surface area contributed by atoms with Gasteiger partial charge in [0.25, 0.3) is 0 Å². The molecular formula is C46H28O. The molecule has 0 bridgehead atoms. The summed E-state index contributed by atoms with van der Waals surface area (Å²) in [6, 6.07) is 58.8. The summed E-state index contributed by atoms with van der Waals surface area (Å²) in [6.45, 7) is 0. The molecule has 1 aromatic heterocycles. The molecule has 0 N–H and O–H groups in total. The second-order valence-electron chi connectivity index (χ2n) is 12.4. The predicted molar refractivity (Wildman–Crippen MR) is 200 cm³/mol. The highest BCUT2D eigenvalue weighted by molar-refractivity contribution is 6.27. The first kappa shape index (κ1) is 25.1. The molecule has 0 saturated heterocycles. The molecule has 0 aliphatic carbocycles. The van der Waals surface area contributed by atoms with Crippen LogP contribution < -0.4 is 0 Å². The summed E-state index contributed by atoms with van der Waals surface area (Å²) in [7, 11) is 0. The smallest absolute Gasteiger partial charge is 0.143 e. The summed E-state index contributed by atoms with van der Waals surface area (Å²) in [4.78, 5) is 0. The zero-order valence-corrected chi connectivity index (χ0v) is 25.5. The average molecular weight is 598 g/mol. The molecule has 0 saturated carbocycles. The van der Waals surface area contributed by atoms with E-state index in [2.05, 4.69) is 146 Å². The molecule has 47 heavy (non-hydrogen) atoms. The minimum atomic E-state index is 0.536. The average Bonchev–Trinajstić information content (AvgIpc) is 3.53. The van der Waals surface area contributed by atoms with Crippen molar-refractivity contribution in [3.8, 4) is 33.4 Å². The number of hydrogen-bond donors (Lipinski definition) is 0. The topological polar surface area (TPSA) is 13.1 Å². The summed E-state index contributed by atoms with van der Waals surface area (Å²) in [5, 5.41) is 11.7. The van der Waals surface area contributed by atoms with Gasteiger partial charge in [0.15, 0.2) is 0 Å². The number of furan rings is 1. The maximum Gasteiger partial charge on any atom is 0.143 e. The van der Waals surface area contributed by atoms with E-state index in [1.807, 2.05) is 18.2 Å². The minimum absolute atomic E-state index is 0.536. The van der Waals surface area contributed by atoms with E-state index in [1.54, 1.807) is 0 Å². The second-order valence-corrected chi connectivity index (χ2v) is 12.4. The summed E-state index contributed by atoms with van der Waals surface area (Å²) in [5.74, 6) is 0. The van der Waals surface area contributed by atoms with Crippen LogP contribution >= 0.6 is 0 Å². The molecule has 0 aliphatic rings. The van der Waals surface area contributed by atoms with Gasteiger partial charge >= 0.3 is 0 Å². The van der Waals surface area contributed by atoms with Gasteiger partial charge < -0.3 is 4.42 Å². The van der Waals surface area contributed by atoms with Crippen molar-refractivity contribution in [2.24, 2.45) is 0 Å². The van der Waals surface area contributed by atoms with Crippen molar-refractivity contribution in [3.05, 3.63) is 170 Å². The van der Waals surface area contributed by atoms with Gasteiger partial charge in [0.05, 0.1) is 1.37 Å². The highest BCUT2D eigenvalue weighted by atomic mass is 16.3. The van der Waals surface area contributed by atoms with Gasteiger partial charge in [-0.05, 0) is 89.3 Å². The molecule has 1 heteroatoms. The lowest BCUT2D eigenvalue weighted by molar-refractivity contribution is 0.673. The van der Waals surface area contributed by atoms with Crippen LogP contribution in [0.4, 0.5) is 0 Å². The molecule has 0 amide bonds. The Morgan fingerprint density at radius 2 is 1.00 bits per heavy atom. The molecule has 1 nitrogen and oxygen atoms in total. The van der Waals surface area contributed by atoms with Gasteiger partial charge in [-0.25, -0.2) is 0 Å². The molecule has 1 heterocycles. The van der Waals surface area contributed by atoms with Crippen molar-refractivity contribution >= 4 is 65.0 Å². The third-order valence-corrected chi connectivity index (χ3v) is 9.78. The molecule has 218 valence electrons. The Labute approximate surface area is 273 Å². The van der Waals surface area contributed by atoms with Crippen LogP contribution in [0.2, 0.25) is 0 Å². The fourth-order valence-corrected chi connectivity index (χ4v) is 7.63. The summed E-state index contributed by atoms with van der Waals surface area (Å²) >= 11 is 0. The Balaban J connectivity index is 1.20. The van der Waals surface area contributed by atoms with Crippen LogP contribution in [0, 0.1) is 0 Å². The van der Waals surface area contributed by atoms with E-state index >= 15 is 0 Å². The molecule has 0 radical (unpaired) electrons. The van der Waals surface area contributed by atoms with Crippen molar-refractivity contribution in [1.29, 1.82) is 0 Å². The van der Waals surface area contributed by atoms with Crippen molar-refractivity contribution in [2.45, 2.75) is 0 Å². The van der Waals surface area contributed by atoms with Gasteiger partial charge in [-0.1, -0.05) is 152 Å². The highest BCUT2D eigenvalue weighted by Gasteiger charge is 2.20. The quantitative estimate of drug-likeness (QED) is 0.185. The lowest BCUT2D eigenvalue weighted by Gasteiger charge is -2.18. The van der Waals surface area contributed by atoms with Crippen molar-refractivity contribution in [3.63, 3.8) is 0 Å². The minimum Gasteiger partial charge on any atom is -0.455 e. The molecule has 0 unspecified atom stereocenters. The lowest BCUT2D eigenvalue weighted by atomic mass is 9.84. The predicted octanol–water partition coefficient (Wildman–Crippen LogP) is 13.2. The first-order chi connectivity index (χ1) is 23.7. The molecule has 9 aromatic carbocycles. The van der Waals surface area contributed by atoms with Gasteiger partial charge in [-0.15, -0.1) is 0 Å². The van der Waals surface area contributed by atoms with Crippen LogP contribution in [0.1, 0.15) is 1.37 Å². The largest absolute Gasteiger partial charge is 0.455 e. The Kier molecular flexibility index (Phi) is 5.42. The number of hydrogen-bond acceptors (Lipinski definition) is 1. The van der Waals surface area contributed by atoms with E-state index in [-0.39, 0.29) is 0 Å². The molecule has 0 aliphatic heterocycles. The summed E-state index contributed by atoms with van der Waals surface area (Å²) in [6.07, 6.45) is 0. The van der Waals surface area contributed by atoms with Crippen molar-refractivity contribution < 1.29 is 5.79 Å². The van der Waals surface area contributed by atoms with E-state index in [9.17, 15) is 0 Å². The van der Waals surface area contributed by atoms with Crippen LogP contribution in [0.25, 0.3) is 98.4 Å². The maximum absolute atomic E-state index is 7.96. The summed E-state index contributed by atoms with van der Waals surface area (Å²) < 4.78 is 14.6. The van der Waals surface area contributed by atoms with E-state index < -0.39 is 0 Å². The van der Waals surface area contributed by atoms with Crippen LogP contribution in [0.5, 0.6) is 0 Å². The monoisotopic (exact) mass is 597 g/mol. The number of rotatable bonds is 3. The molecular weight excluding hydrogens is 569 g/mol. The molecule has 10 aromatic rings. The third-order valence-electron chi connectivity index (χ3n) is 9.78. The van der Waals surface area contributed by atoms with E-state index in [0.29, 0.717) is 6.04 Å². The van der Waals surface area contributed by atoms with Gasteiger partial charge in [-0.3, -0.25) is 0 Å². The van der Waals surface area contributed by atoms with Crippen LogP contribution in [-0.4, -0.2) is 0 Å². The van der Waals surface area contributed by atoms with Gasteiger partial charge in [0.1, 0.15) is 11.2 Å². The Hall–Kier alpha value is -6.18. The van der Waals surface area contributed by atoms with E-state index in [4.69, 9.17) is 5.79 Å². The molecule has 0 spiro atoms. The molecule has 0 fully saturated rings. The van der Waals surface area contributed by atoms with Crippen molar-refractivity contribution in [2.75, 3.05) is 0 Å². The van der Waals surface area contributed by atoms with Crippen LogP contribution in [-0.2, 0) is 0 Å². The zero-order valence-electron chi connectivity index (χ0n) is 26.5. The maximum atomic E-state index is 7.96. The Bertz CT molecular complexity index is 2840. The zero-order chi connectivity index (χ0) is 31.8. The SMILES string of the molecule is [2H]c1ccc2cc(-c3ccc(-c4c5ccccc5c(-c5cccc6oc7c8ccccc8ccc7c56)c5ccccc45)cc3)ccc2c1. The summed E-state index contributed by atoms with van der Waals surface area (Å²) in [5.41, 5.74) is 9.04. The van der Waals surface area contributed by atoms with Crippen LogP contribution in [0.3, 0.4) is 0 Å². The van der Waals surface area contributed by atoms with E-state index in [1.165, 1.54) is 60.3 Å². The third kappa shape index (κ3) is 3.97. The van der Waals surface area contributed by atoms with Gasteiger partial charge in [0, 0.05) is 16.2 Å². The number of fused-ring (bicyclic) bond motifs is 8. The highest BCUT2D eigenvalue weighted by Crippen LogP contribution is 2.47. The lowest BCUT2D eigenvalue weighted by Crippen LogP contribution is -1.91. The standard InChI is InChI=1S/C46H28O/c1-2-12-33-28-34(25-22-29(33)10-1)30-20-23-32(24-21-30)43-36-14-5-7-16-38(36)44(39-17-8-6-15-37(39)43)40-18-9-19-42-45(40)41-27-26-31-11-3-4-13-35(31)46(41)47-42/h1-28H/i1D. The number of benzene rings is 9. The van der Waals surface area contributed by atoms with Crippen molar-refractivity contribution in [1.82, 2.24) is 0 Å².